The third kappa shape index (κ3) is 3.96. The molecule has 0 aromatic heterocycles. The maximum absolute atomic E-state index is 11.0. The fourth-order valence-corrected chi connectivity index (χ4v) is 0.747. The summed E-state index contributed by atoms with van der Waals surface area (Å²) in [6, 6.07) is 0. The normalized spacial score (nSPS) is 11.8. The summed E-state index contributed by atoms with van der Waals surface area (Å²) in [6.07, 6.45) is 3.27. The minimum absolute atomic E-state index is 0.167. The molecule has 0 rings (SSSR count). The van der Waals surface area contributed by atoms with E-state index < -0.39 is 0 Å². The highest BCUT2D eigenvalue weighted by Crippen LogP contribution is 2.05. The number of esters is 1. The van der Waals surface area contributed by atoms with E-state index in [0.717, 1.165) is 12.8 Å². The van der Waals surface area contributed by atoms with Crippen LogP contribution in [0.4, 0.5) is 0 Å². The first-order valence-corrected chi connectivity index (χ1v) is 4.10. The van der Waals surface area contributed by atoms with Crippen molar-refractivity contribution in [1.82, 2.24) is 0 Å². The minimum Gasteiger partial charge on any atom is -0.455 e. The molecule has 0 spiro atoms. The molecule has 0 saturated heterocycles. The Morgan fingerprint density at radius 1 is 1.67 bits per heavy atom. The standard InChI is InChI=1S/C10H16O2/c1-5-7-9(6-2)12-10(11)8(3)4/h6,9H,2-3,5,7H2,1,4H3. The molecule has 0 radical (unpaired) electrons. The average molecular weight is 168 g/mol. The number of rotatable bonds is 5. The fourth-order valence-electron chi connectivity index (χ4n) is 0.747. The van der Waals surface area contributed by atoms with E-state index in [1.807, 2.05) is 6.92 Å². The van der Waals surface area contributed by atoms with Crippen molar-refractivity contribution in [3.05, 3.63) is 24.8 Å². The first kappa shape index (κ1) is 11.0. The van der Waals surface area contributed by atoms with Gasteiger partial charge in [0.25, 0.3) is 0 Å². The molecule has 1 atom stereocenters. The molecule has 0 amide bonds. The zero-order chi connectivity index (χ0) is 9.56. The number of carbonyl (C=O) groups is 1. The molecule has 0 N–H and O–H groups in total. The number of ether oxygens (including phenoxy) is 1. The van der Waals surface area contributed by atoms with Gasteiger partial charge in [0.05, 0.1) is 0 Å². The molecule has 0 aliphatic rings. The monoisotopic (exact) mass is 168 g/mol. The Labute approximate surface area is 73.9 Å². The van der Waals surface area contributed by atoms with Gasteiger partial charge in [0.15, 0.2) is 0 Å². The maximum atomic E-state index is 11.0. The fraction of sp³-hybridized carbons (Fsp3) is 0.500. The van der Waals surface area contributed by atoms with Gasteiger partial charge in [-0.1, -0.05) is 32.6 Å². The lowest BCUT2D eigenvalue weighted by Gasteiger charge is -2.12. The Balaban J connectivity index is 3.93. The highest BCUT2D eigenvalue weighted by Gasteiger charge is 2.09. The van der Waals surface area contributed by atoms with Crippen LogP contribution >= 0.6 is 0 Å². The highest BCUT2D eigenvalue weighted by atomic mass is 16.5. The van der Waals surface area contributed by atoms with Crippen molar-refractivity contribution in [1.29, 1.82) is 0 Å². The quantitative estimate of drug-likeness (QED) is 0.358. The summed E-state index contributed by atoms with van der Waals surface area (Å²) < 4.78 is 5.04. The second-order valence-corrected chi connectivity index (χ2v) is 2.75. The second kappa shape index (κ2) is 5.58. The Hall–Kier alpha value is -1.05. The predicted octanol–water partition coefficient (Wildman–Crippen LogP) is 2.46. The van der Waals surface area contributed by atoms with E-state index >= 15 is 0 Å². The van der Waals surface area contributed by atoms with Crippen LogP contribution in [-0.4, -0.2) is 12.1 Å². The van der Waals surface area contributed by atoms with E-state index in [1.165, 1.54) is 0 Å². The Bertz CT molecular complexity index is 182. The largest absolute Gasteiger partial charge is 0.455 e. The van der Waals surface area contributed by atoms with Crippen LogP contribution in [0.2, 0.25) is 0 Å². The Kier molecular flexibility index (Phi) is 5.09. The van der Waals surface area contributed by atoms with Crippen LogP contribution in [0.25, 0.3) is 0 Å². The molecule has 0 fully saturated rings. The zero-order valence-corrected chi connectivity index (χ0v) is 7.80. The molecule has 2 nitrogen and oxygen atoms in total. The second-order valence-electron chi connectivity index (χ2n) is 2.75. The van der Waals surface area contributed by atoms with Gasteiger partial charge in [-0.2, -0.15) is 0 Å². The van der Waals surface area contributed by atoms with Gasteiger partial charge in [-0.3, -0.25) is 0 Å². The first-order valence-electron chi connectivity index (χ1n) is 4.10. The average Bonchev–Trinajstić information content (AvgIpc) is 2.03. The topological polar surface area (TPSA) is 26.3 Å². The van der Waals surface area contributed by atoms with Crippen LogP contribution in [-0.2, 0) is 9.53 Å². The summed E-state index contributed by atoms with van der Waals surface area (Å²) in [5.41, 5.74) is 0.429. The number of hydrogen-bond donors (Lipinski definition) is 0. The molecular formula is C10H16O2. The number of carbonyl (C=O) groups excluding carboxylic acids is 1. The summed E-state index contributed by atoms with van der Waals surface area (Å²) in [5.74, 6) is -0.339. The van der Waals surface area contributed by atoms with E-state index in [9.17, 15) is 4.79 Å². The van der Waals surface area contributed by atoms with Crippen molar-refractivity contribution >= 4 is 5.97 Å². The lowest BCUT2D eigenvalue weighted by molar-refractivity contribution is -0.142. The lowest BCUT2D eigenvalue weighted by Crippen LogP contribution is -2.15. The Morgan fingerprint density at radius 3 is 2.58 bits per heavy atom. The molecule has 1 unspecified atom stereocenters. The molecule has 68 valence electrons. The van der Waals surface area contributed by atoms with Crippen LogP contribution in [0.3, 0.4) is 0 Å². The lowest BCUT2D eigenvalue weighted by atomic mass is 10.2. The predicted molar refractivity (Wildman–Crippen MR) is 49.8 cm³/mol. The molecule has 12 heavy (non-hydrogen) atoms. The molecule has 0 saturated carbocycles. The van der Waals surface area contributed by atoms with Crippen LogP contribution in [0.15, 0.2) is 24.8 Å². The first-order chi connectivity index (χ1) is 5.61. The molecular weight excluding hydrogens is 152 g/mol. The van der Waals surface area contributed by atoms with Gasteiger partial charge >= 0.3 is 5.97 Å². The third-order valence-corrected chi connectivity index (χ3v) is 1.44. The number of hydrogen-bond acceptors (Lipinski definition) is 2. The molecule has 0 aromatic rings. The van der Waals surface area contributed by atoms with Crippen LogP contribution in [0, 0.1) is 0 Å². The van der Waals surface area contributed by atoms with Gasteiger partial charge in [0.2, 0.25) is 0 Å². The van der Waals surface area contributed by atoms with Gasteiger partial charge in [0.1, 0.15) is 6.10 Å². The van der Waals surface area contributed by atoms with E-state index in [0.29, 0.717) is 5.57 Å². The smallest absolute Gasteiger partial charge is 0.333 e. The summed E-state index contributed by atoms with van der Waals surface area (Å²) in [4.78, 5) is 11.0. The molecule has 2 heteroatoms. The minimum atomic E-state index is -0.339. The molecule has 0 aliphatic heterocycles. The molecule has 0 aliphatic carbocycles. The van der Waals surface area contributed by atoms with Crippen LogP contribution < -0.4 is 0 Å². The van der Waals surface area contributed by atoms with E-state index in [1.54, 1.807) is 13.0 Å². The van der Waals surface area contributed by atoms with Crippen molar-refractivity contribution in [2.75, 3.05) is 0 Å². The van der Waals surface area contributed by atoms with Crippen LogP contribution in [0.1, 0.15) is 26.7 Å². The molecule has 0 bridgehead atoms. The van der Waals surface area contributed by atoms with E-state index in [2.05, 4.69) is 13.2 Å². The highest BCUT2D eigenvalue weighted by molar-refractivity contribution is 5.87. The van der Waals surface area contributed by atoms with Crippen molar-refractivity contribution in [2.45, 2.75) is 32.8 Å². The zero-order valence-electron chi connectivity index (χ0n) is 7.80. The summed E-state index contributed by atoms with van der Waals surface area (Å²) in [5, 5.41) is 0. The van der Waals surface area contributed by atoms with Crippen LogP contribution in [0.5, 0.6) is 0 Å². The van der Waals surface area contributed by atoms with Gasteiger partial charge < -0.3 is 4.74 Å². The van der Waals surface area contributed by atoms with Crippen molar-refractivity contribution in [3.63, 3.8) is 0 Å². The summed E-state index contributed by atoms with van der Waals surface area (Å²) >= 11 is 0. The molecule has 0 heterocycles. The van der Waals surface area contributed by atoms with Gasteiger partial charge in [-0.25, -0.2) is 4.79 Å². The van der Waals surface area contributed by atoms with Gasteiger partial charge in [-0.05, 0) is 13.3 Å². The van der Waals surface area contributed by atoms with Crippen molar-refractivity contribution in [2.24, 2.45) is 0 Å². The molecule has 0 aromatic carbocycles. The van der Waals surface area contributed by atoms with Crippen molar-refractivity contribution in [3.8, 4) is 0 Å². The SMILES string of the molecule is C=CC(CCC)OC(=O)C(=C)C. The third-order valence-electron chi connectivity index (χ3n) is 1.44. The van der Waals surface area contributed by atoms with E-state index in [4.69, 9.17) is 4.74 Å². The maximum Gasteiger partial charge on any atom is 0.333 e. The Morgan fingerprint density at radius 2 is 2.25 bits per heavy atom. The van der Waals surface area contributed by atoms with E-state index in [-0.39, 0.29) is 12.1 Å². The van der Waals surface area contributed by atoms with Crippen molar-refractivity contribution < 1.29 is 9.53 Å². The van der Waals surface area contributed by atoms with Gasteiger partial charge in [-0.15, -0.1) is 0 Å². The summed E-state index contributed by atoms with van der Waals surface area (Å²) in [6.45, 7) is 10.7. The van der Waals surface area contributed by atoms with Gasteiger partial charge in [0, 0.05) is 5.57 Å². The summed E-state index contributed by atoms with van der Waals surface area (Å²) in [7, 11) is 0.